The minimum atomic E-state index is 0.0106. The summed E-state index contributed by atoms with van der Waals surface area (Å²) in [5, 5.41) is 0. The molecular formula is C12H24N2. The van der Waals surface area contributed by atoms with Gasteiger partial charge in [0.2, 0.25) is 0 Å². The number of nitrogens with two attached hydrogens (primary N) is 1. The summed E-state index contributed by atoms with van der Waals surface area (Å²) in [5.74, 6) is 1.02. The summed E-state index contributed by atoms with van der Waals surface area (Å²) in [6, 6.07) is 0.914. The van der Waals surface area contributed by atoms with E-state index >= 15 is 0 Å². The van der Waals surface area contributed by atoms with Crippen molar-refractivity contribution in [1.82, 2.24) is 4.90 Å². The van der Waals surface area contributed by atoms with Crippen molar-refractivity contribution >= 4 is 0 Å². The summed E-state index contributed by atoms with van der Waals surface area (Å²) in [7, 11) is 0. The predicted octanol–water partition coefficient (Wildman–Crippen LogP) is 1.99. The monoisotopic (exact) mass is 196 g/mol. The third kappa shape index (κ3) is 2.29. The van der Waals surface area contributed by atoms with E-state index < -0.39 is 0 Å². The molecular weight excluding hydrogens is 172 g/mol. The highest BCUT2D eigenvalue weighted by Gasteiger charge is 2.37. The van der Waals surface area contributed by atoms with Gasteiger partial charge < -0.3 is 10.6 Å². The Morgan fingerprint density at radius 2 is 2.07 bits per heavy atom. The first-order valence-corrected chi connectivity index (χ1v) is 6.09. The summed E-state index contributed by atoms with van der Waals surface area (Å²) in [4.78, 5) is 2.69. The Morgan fingerprint density at radius 1 is 1.29 bits per heavy atom. The number of likely N-dealkylation sites (tertiary alicyclic amines) is 1. The first kappa shape index (κ1) is 10.4. The van der Waals surface area contributed by atoms with Gasteiger partial charge in [0.05, 0.1) is 0 Å². The second-order valence-electron chi connectivity index (χ2n) is 5.82. The topological polar surface area (TPSA) is 29.3 Å². The van der Waals surface area contributed by atoms with Gasteiger partial charge in [0.1, 0.15) is 0 Å². The number of nitrogens with zero attached hydrogens (tertiary/aromatic N) is 1. The first-order valence-electron chi connectivity index (χ1n) is 6.09. The van der Waals surface area contributed by atoms with Crippen LogP contribution in [0.3, 0.4) is 0 Å². The van der Waals surface area contributed by atoms with Crippen LogP contribution in [-0.2, 0) is 0 Å². The number of rotatable bonds is 3. The molecule has 0 bridgehead atoms. The zero-order valence-corrected chi connectivity index (χ0v) is 9.63. The van der Waals surface area contributed by atoms with Crippen LogP contribution in [0.1, 0.15) is 46.0 Å². The van der Waals surface area contributed by atoms with Crippen molar-refractivity contribution in [1.29, 1.82) is 0 Å². The maximum Gasteiger partial charge on any atom is 0.0124 e. The third-order valence-corrected chi connectivity index (χ3v) is 3.92. The molecule has 2 unspecified atom stereocenters. The molecule has 1 aliphatic heterocycles. The van der Waals surface area contributed by atoms with E-state index in [2.05, 4.69) is 18.7 Å². The Balaban J connectivity index is 1.81. The van der Waals surface area contributed by atoms with Gasteiger partial charge >= 0.3 is 0 Å². The standard InChI is InChI=1S/C12H24N2/c1-12(2,13)7-9-14-8-6-10-4-3-5-11(10)14/h10-11H,3-9,13H2,1-2H3. The van der Waals surface area contributed by atoms with Gasteiger partial charge in [-0.2, -0.15) is 0 Å². The molecule has 1 saturated carbocycles. The van der Waals surface area contributed by atoms with Gasteiger partial charge in [-0.15, -0.1) is 0 Å². The number of hydrogen-bond acceptors (Lipinski definition) is 2. The van der Waals surface area contributed by atoms with Crippen LogP contribution in [0.5, 0.6) is 0 Å². The molecule has 0 spiro atoms. The van der Waals surface area contributed by atoms with Gasteiger partial charge in [0.15, 0.2) is 0 Å². The van der Waals surface area contributed by atoms with Crippen LogP contribution in [0.4, 0.5) is 0 Å². The Kier molecular flexibility index (Phi) is 2.85. The molecule has 82 valence electrons. The lowest BCUT2D eigenvalue weighted by molar-refractivity contribution is 0.221. The summed E-state index contributed by atoms with van der Waals surface area (Å²) in [5.41, 5.74) is 6.03. The fraction of sp³-hybridized carbons (Fsp3) is 1.00. The lowest BCUT2D eigenvalue weighted by Crippen LogP contribution is -2.39. The molecule has 2 fully saturated rings. The average molecular weight is 196 g/mol. The molecule has 0 aromatic carbocycles. The number of hydrogen-bond donors (Lipinski definition) is 1. The molecule has 0 aromatic rings. The van der Waals surface area contributed by atoms with E-state index in [4.69, 9.17) is 5.73 Å². The van der Waals surface area contributed by atoms with Crippen molar-refractivity contribution in [2.24, 2.45) is 11.7 Å². The Labute approximate surface area is 87.8 Å². The molecule has 2 rings (SSSR count). The van der Waals surface area contributed by atoms with Gasteiger partial charge in [-0.05, 0) is 52.0 Å². The zero-order valence-electron chi connectivity index (χ0n) is 9.63. The third-order valence-electron chi connectivity index (χ3n) is 3.92. The highest BCUT2D eigenvalue weighted by atomic mass is 15.2. The Morgan fingerprint density at radius 3 is 2.79 bits per heavy atom. The largest absolute Gasteiger partial charge is 0.326 e. The van der Waals surface area contributed by atoms with Gasteiger partial charge in [0.25, 0.3) is 0 Å². The van der Waals surface area contributed by atoms with E-state index in [0.717, 1.165) is 18.4 Å². The number of fused-ring (bicyclic) bond motifs is 1. The van der Waals surface area contributed by atoms with Crippen LogP contribution in [-0.4, -0.2) is 29.6 Å². The lowest BCUT2D eigenvalue weighted by atomic mass is 10.0. The summed E-state index contributed by atoms with van der Waals surface area (Å²) < 4.78 is 0. The molecule has 0 aromatic heterocycles. The first-order chi connectivity index (χ1) is 6.56. The maximum atomic E-state index is 6.02. The van der Waals surface area contributed by atoms with Gasteiger partial charge in [-0.1, -0.05) is 6.42 Å². The van der Waals surface area contributed by atoms with Gasteiger partial charge in [-0.25, -0.2) is 0 Å². The minimum Gasteiger partial charge on any atom is -0.326 e. The van der Waals surface area contributed by atoms with Gasteiger partial charge in [-0.3, -0.25) is 0 Å². The van der Waals surface area contributed by atoms with Crippen molar-refractivity contribution < 1.29 is 0 Å². The molecule has 14 heavy (non-hydrogen) atoms. The molecule has 2 atom stereocenters. The molecule has 2 heteroatoms. The van der Waals surface area contributed by atoms with E-state index in [-0.39, 0.29) is 5.54 Å². The fourth-order valence-corrected chi connectivity index (χ4v) is 3.04. The minimum absolute atomic E-state index is 0.0106. The van der Waals surface area contributed by atoms with E-state index in [9.17, 15) is 0 Å². The molecule has 0 radical (unpaired) electrons. The van der Waals surface area contributed by atoms with Crippen molar-refractivity contribution in [2.75, 3.05) is 13.1 Å². The SMILES string of the molecule is CC(C)(N)CCN1CCC2CCCC21. The lowest BCUT2D eigenvalue weighted by Gasteiger charge is -2.27. The fourth-order valence-electron chi connectivity index (χ4n) is 3.04. The average Bonchev–Trinajstić information content (AvgIpc) is 2.59. The molecule has 1 saturated heterocycles. The summed E-state index contributed by atoms with van der Waals surface area (Å²) in [6.07, 6.45) is 6.95. The van der Waals surface area contributed by atoms with E-state index in [1.165, 1.54) is 38.8 Å². The highest BCUT2D eigenvalue weighted by Crippen LogP contribution is 2.37. The zero-order chi connectivity index (χ0) is 10.2. The van der Waals surface area contributed by atoms with Crippen molar-refractivity contribution in [3.8, 4) is 0 Å². The van der Waals surface area contributed by atoms with E-state index in [1.54, 1.807) is 0 Å². The second kappa shape index (κ2) is 3.82. The van der Waals surface area contributed by atoms with Crippen LogP contribution in [0.25, 0.3) is 0 Å². The van der Waals surface area contributed by atoms with Crippen molar-refractivity contribution in [3.63, 3.8) is 0 Å². The van der Waals surface area contributed by atoms with Crippen LogP contribution in [0.15, 0.2) is 0 Å². The quantitative estimate of drug-likeness (QED) is 0.748. The maximum absolute atomic E-state index is 6.02. The molecule has 0 amide bonds. The molecule has 2 nitrogen and oxygen atoms in total. The molecule has 2 aliphatic rings. The second-order valence-corrected chi connectivity index (χ2v) is 5.82. The summed E-state index contributed by atoms with van der Waals surface area (Å²) >= 11 is 0. The highest BCUT2D eigenvalue weighted by molar-refractivity contribution is 4.92. The van der Waals surface area contributed by atoms with Crippen molar-refractivity contribution in [2.45, 2.75) is 57.5 Å². The molecule has 2 N–H and O–H groups in total. The van der Waals surface area contributed by atoms with Crippen molar-refractivity contribution in [3.05, 3.63) is 0 Å². The predicted molar refractivity (Wildman–Crippen MR) is 60.2 cm³/mol. The smallest absolute Gasteiger partial charge is 0.0124 e. The Hall–Kier alpha value is -0.0800. The molecule has 1 heterocycles. The van der Waals surface area contributed by atoms with Crippen LogP contribution in [0, 0.1) is 5.92 Å². The van der Waals surface area contributed by atoms with Crippen LogP contribution >= 0.6 is 0 Å². The molecule has 1 aliphatic carbocycles. The van der Waals surface area contributed by atoms with Crippen LogP contribution in [0.2, 0.25) is 0 Å². The van der Waals surface area contributed by atoms with E-state index in [0.29, 0.717) is 0 Å². The summed E-state index contributed by atoms with van der Waals surface area (Å²) in [6.45, 7) is 6.81. The Bertz CT molecular complexity index is 195. The van der Waals surface area contributed by atoms with Crippen LogP contribution < -0.4 is 5.73 Å². The van der Waals surface area contributed by atoms with E-state index in [1.807, 2.05) is 0 Å². The normalized spacial score (nSPS) is 33.6. The van der Waals surface area contributed by atoms with Gasteiger partial charge in [0, 0.05) is 18.1 Å².